The third-order valence-corrected chi connectivity index (χ3v) is 3.63. The van der Waals surface area contributed by atoms with E-state index in [1.54, 1.807) is 24.3 Å². The molecule has 1 heterocycles. The molecule has 0 aliphatic rings. The third kappa shape index (κ3) is 3.92. The summed E-state index contributed by atoms with van der Waals surface area (Å²) in [5, 5.41) is 12.4. The van der Waals surface area contributed by atoms with Crippen LogP contribution < -0.4 is 15.5 Å². The molecule has 3 aromatic rings. The molecule has 0 aliphatic carbocycles. The van der Waals surface area contributed by atoms with Crippen LogP contribution in [0.1, 0.15) is 12.5 Å². The Morgan fingerprint density at radius 3 is 2.73 bits per heavy atom. The van der Waals surface area contributed by atoms with Crippen molar-refractivity contribution in [2.24, 2.45) is 0 Å². The van der Waals surface area contributed by atoms with Crippen LogP contribution in [0, 0.1) is 0 Å². The quantitative estimate of drug-likeness (QED) is 0.686. The van der Waals surface area contributed by atoms with Gasteiger partial charge in [0.2, 0.25) is 5.91 Å². The van der Waals surface area contributed by atoms with E-state index in [1.165, 1.54) is 36.6 Å². The predicted molar refractivity (Wildman–Crippen MR) is 99.4 cm³/mol. The summed E-state index contributed by atoms with van der Waals surface area (Å²) in [5.41, 5.74) is 0.858. The van der Waals surface area contributed by atoms with Gasteiger partial charge in [-0.25, -0.2) is 0 Å². The lowest BCUT2D eigenvalue weighted by Crippen LogP contribution is -2.09. The van der Waals surface area contributed by atoms with Crippen LogP contribution in [0.5, 0.6) is 11.5 Å². The first-order chi connectivity index (χ1) is 12.6. The molecule has 3 rings (SSSR count). The molecular formula is C20H17NO5. The summed E-state index contributed by atoms with van der Waals surface area (Å²) in [4.78, 5) is 24.4. The van der Waals surface area contributed by atoms with Crippen molar-refractivity contribution in [2.75, 3.05) is 11.9 Å². The maximum atomic E-state index is 12.4. The normalized spacial score (nSPS) is 11.0. The summed E-state index contributed by atoms with van der Waals surface area (Å²) in [5.74, 6) is 0.360. The molecule has 0 saturated carbocycles. The minimum atomic E-state index is -0.376. The van der Waals surface area contributed by atoms with Gasteiger partial charge in [-0.15, -0.1) is 0 Å². The van der Waals surface area contributed by atoms with Gasteiger partial charge in [0.15, 0.2) is 5.43 Å². The second-order valence-corrected chi connectivity index (χ2v) is 5.48. The van der Waals surface area contributed by atoms with E-state index in [1.807, 2.05) is 6.92 Å². The zero-order valence-electron chi connectivity index (χ0n) is 14.1. The van der Waals surface area contributed by atoms with Crippen molar-refractivity contribution in [2.45, 2.75) is 6.92 Å². The highest BCUT2D eigenvalue weighted by molar-refractivity contribution is 6.02. The van der Waals surface area contributed by atoms with Crippen molar-refractivity contribution in [1.29, 1.82) is 0 Å². The minimum Gasteiger partial charge on any atom is -0.508 e. The summed E-state index contributed by atoms with van der Waals surface area (Å²) in [6, 6.07) is 11.2. The van der Waals surface area contributed by atoms with Crippen LogP contribution in [0.15, 0.2) is 64.0 Å². The minimum absolute atomic E-state index is 0.0127. The summed E-state index contributed by atoms with van der Waals surface area (Å²) in [7, 11) is 0. The van der Waals surface area contributed by atoms with E-state index < -0.39 is 0 Å². The Labute approximate surface area is 149 Å². The van der Waals surface area contributed by atoms with Gasteiger partial charge in [0.05, 0.1) is 17.6 Å². The maximum Gasteiger partial charge on any atom is 0.248 e. The number of phenols is 1. The highest BCUT2D eigenvalue weighted by Crippen LogP contribution is 2.18. The number of anilines is 1. The first kappa shape index (κ1) is 17.3. The third-order valence-electron chi connectivity index (χ3n) is 3.63. The first-order valence-electron chi connectivity index (χ1n) is 8.03. The van der Waals surface area contributed by atoms with E-state index in [0.717, 1.165) is 5.75 Å². The van der Waals surface area contributed by atoms with Gasteiger partial charge < -0.3 is 19.6 Å². The van der Waals surface area contributed by atoms with Crippen LogP contribution in [0.4, 0.5) is 5.69 Å². The molecule has 0 aliphatic heterocycles. The average Bonchev–Trinajstić information content (AvgIpc) is 2.63. The second kappa shape index (κ2) is 7.57. The Balaban J connectivity index is 1.73. The number of rotatable bonds is 5. The molecule has 6 heteroatoms. The number of carbonyl (C=O) groups is 1. The van der Waals surface area contributed by atoms with Crippen molar-refractivity contribution in [3.05, 3.63) is 70.6 Å². The number of hydrogen-bond acceptors (Lipinski definition) is 5. The molecular weight excluding hydrogens is 334 g/mol. The monoisotopic (exact) mass is 351 g/mol. The molecule has 1 amide bonds. The summed E-state index contributed by atoms with van der Waals surface area (Å²) in [6.07, 6.45) is 3.90. The Kier molecular flexibility index (Phi) is 5.03. The molecule has 0 saturated heterocycles. The standard InChI is InChI=1S/C20H17NO5/c1-2-25-16-7-4-14(5-8-16)21-19(23)10-3-13-12-26-18-11-15(22)6-9-17(18)20(13)24/h3-12,22H,2H2,1H3,(H,21,23)/b10-3+. The number of carbonyl (C=O) groups excluding carboxylic acids is 1. The molecule has 0 atom stereocenters. The number of hydrogen-bond donors (Lipinski definition) is 2. The fraction of sp³-hybridized carbons (Fsp3) is 0.100. The zero-order valence-corrected chi connectivity index (χ0v) is 14.1. The molecule has 0 spiro atoms. The van der Waals surface area contributed by atoms with Crippen molar-refractivity contribution in [3.8, 4) is 11.5 Å². The number of benzene rings is 2. The van der Waals surface area contributed by atoms with Gasteiger partial charge in [0, 0.05) is 17.8 Å². The fourth-order valence-electron chi connectivity index (χ4n) is 2.40. The second-order valence-electron chi connectivity index (χ2n) is 5.48. The first-order valence-corrected chi connectivity index (χ1v) is 8.03. The number of aromatic hydroxyl groups is 1. The molecule has 6 nitrogen and oxygen atoms in total. The van der Waals surface area contributed by atoms with Gasteiger partial charge in [-0.3, -0.25) is 9.59 Å². The van der Waals surface area contributed by atoms with E-state index in [4.69, 9.17) is 9.15 Å². The number of ether oxygens (including phenoxy) is 1. The van der Waals surface area contributed by atoms with Gasteiger partial charge in [-0.05, 0) is 49.4 Å². The number of phenolic OH excluding ortho intramolecular Hbond substituents is 1. The van der Waals surface area contributed by atoms with Crippen molar-refractivity contribution in [1.82, 2.24) is 0 Å². The van der Waals surface area contributed by atoms with Crippen LogP contribution in [0.3, 0.4) is 0 Å². The van der Waals surface area contributed by atoms with Gasteiger partial charge in [0.25, 0.3) is 0 Å². The molecule has 0 unspecified atom stereocenters. The van der Waals surface area contributed by atoms with Crippen LogP contribution in [0.2, 0.25) is 0 Å². The lowest BCUT2D eigenvalue weighted by atomic mass is 10.1. The van der Waals surface area contributed by atoms with E-state index in [0.29, 0.717) is 17.7 Å². The molecule has 0 bridgehead atoms. The molecule has 0 fully saturated rings. The summed E-state index contributed by atoms with van der Waals surface area (Å²) < 4.78 is 10.7. The van der Waals surface area contributed by atoms with Crippen molar-refractivity contribution in [3.63, 3.8) is 0 Å². The predicted octanol–water partition coefficient (Wildman–Crippen LogP) is 3.55. The molecule has 0 radical (unpaired) electrons. The highest BCUT2D eigenvalue weighted by atomic mass is 16.5. The summed E-state index contributed by atoms with van der Waals surface area (Å²) in [6.45, 7) is 2.47. The van der Waals surface area contributed by atoms with E-state index in [9.17, 15) is 14.7 Å². The van der Waals surface area contributed by atoms with Gasteiger partial charge >= 0.3 is 0 Å². The molecule has 132 valence electrons. The maximum absolute atomic E-state index is 12.4. The highest BCUT2D eigenvalue weighted by Gasteiger charge is 2.06. The fourth-order valence-corrected chi connectivity index (χ4v) is 2.40. The lowest BCUT2D eigenvalue weighted by Gasteiger charge is -2.05. The van der Waals surface area contributed by atoms with Crippen molar-refractivity contribution < 1.29 is 19.1 Å². The average molecular weight is 351 g/mol. The number of nitrogens with one attached hydrogen (secondary N) is 1. The Morgan fingerprint density at radius 1 is 1.23 bits per heavy atom. The van der Waals surface area contributed by atoms with Crippen LogP contribution >= 0.6 is 0 Å². The molecule has 26 heavy (non-hydrogen) atoms. The van der Waals surface area contributed by atoms with Crippen LogP contribution in [-0.2, 0) is 4.79 Å². The van der Waals surface area contributed by atoms with Gasteiger partial charge in [-0.2, -0.15) is 0 Å². The van der Waals surface area contributed by atoms with Gasteiger partial charge in [-0.1, -0.05) is 0 Å². The largest absolute Gasteiger partial charge is 0.508 e. The van der Waals surface area contributed by atoms with E-state index in [-0.39, 0.29) is 28.2 Å². The van der Waals surface area contributed by atoms with E-state index >= 15 is 0 Å². The lowest BCUT2D eigenvalue weighted by molar-refractivity contribution is -0.111. The Hall–Kier alpha value is -3.54. The number of fused-ring (bicyclic) bond motifs is 1. The Morgan fingerprint density at radius 2 is 2.00 bits per heavy atom. The van der Waals surface area contributed by atoms with Crippen molar-refractivity contribution >= 4 is 28.6 Å². The molecule has 1 aromatic heterocycles. The van der Waals surface area contributed by atoms with Crippen LogP contribution in [0.25, 0.3) is 17.0 Å². The summed E-state index contributed by atoms with van der Waals surface area (Å²) >= 11 is 0. The molecule has 2 aromatic carbocycles. The SMILES string of the molecule is CCOc1ccc(NC(=O)/C=C/c2coc3cc(O)ccc3c2=O)cc1. The van der Waals surface area contributed by atoms with Gasteiger partial charge in [0.1, 0.15) is 23.3 Å². The zero-order chi connectivity index (χ0) is 18.5. The van der Waals surface area contributed by atoms with E-state index in [2.05, 4.69) is 5.32 Å². The number of amides is 1. The topological polar surface area (TPSA) is 88.8 Å². The Bertz CT molecular complexity index is 1020. The molecule has 2 N–H and O–H groups in total. The van der Waals surface area contributed by atoms with Crippen LogP contribution in [-0.4, -0.2) is 17.6 Å². The smallest absolute Gasteiger partial charge is 0.248 e.